The van der Waals surface area contributed by atoms with E-state index in [-0.39, 0.29) is 0 Å². The molecule has 0 aliphatic rings. The quantitative estimate of drug-likeness (QED) is 0.555. The van der Waals surface area contributed by atoms with Crippen molar-refractivity contribution in [1.29, 1.82) is 0 Å². The molecule has 0 N–H and O–H groups in total. The minimum atomic E-state index is -0.795. The van der Waals surface area contributed by atoms with E-state index in [0.717, 1.165) is 10.6 Å². The standard InChI is InChI=1S/C7H10N2O3S/c1-4-6(3)13-7(8-4)5(2)12-9(10)11/h5H,1-3H3. The Balaban J connectivity index is 2.77. The smallest absolute Gasteiger partial charge is 0.295 e. The summed E-state index contributed by atoms with van der Waals surface area (Å²) >= 11 is 1.42. The molecular formula is C7H10N2O3S. The van der Waals surface area contributed by atoms with E-state index in [2.05, 4.69) is 9.82 Å². The molecule has 0 fully saturated rings. The molecule has 0 saturated heterocycles. The summed E-state index contributed by atoms with van der Waals surface area (Å²) in [6.07, 6.45) is -0.576. The fourth-order valence-electron chi connectivity index (χ4n) is 0.846. The molecule has 0 saturated carbocycles. The van der Waals surface area contributed by atoms with Crippen molar-refractivity contribution in [3.63, 3.8) is 0 Å². The average molecular weight is 202 g/mol. The van der Waals surface area contributed by atoms with Crippen molar-refractivity contribution in [3.8, 4) is 0 Å². The van der Waals surface area contributed by atoms with E-state index in [9.17, 15) is 10.1 Å². The summed E-state index contributed by atoms with van der Waals surface area (Å²) in [5.41, 5.74) is 0.902. The number of nitrogens with zero attached hydrogens (tertiary/aromatic N) is 2. The van der Waals surface area contributed by atoms with Gasteiger partial charge in [0.1, 0.15) is 5.01 Å². The Morgan fingerprint density at radius 2 is 2.23 bits per heavy atom. The molecule has 1 atom stereocenters. The zero-order valence-corrected chi connectivity index (χ0v) is 8.42. The summed E-state index contributed by atoms with van der Waals surface area (Å²) in [4.78, 5) is 19.6. The molecule has 0 aliphatic heterocycles. The van der Waals surface area contributed by atoms with E-state index >= 15 is 0 Å². The van der Waals surface area contributed by atoms with Gasteiger partial charge in [0, 0.05) is 4.88 Å². The van der Waals surface area contributed by atoms with Gasteiger partial charge in [-0.05, 0) is 20.8 Å². The van der Waals surface area contributed by atoms with Crippen LogP contribution >= 0.6 is 11.3 Å². The second-order valence-corrected chi connectivity index (χ2v) is 3.90. The van der Waals surface area contributed by atoms with Crippen LogP contribution in [0.1, 0.15) is 28.6 Å². The minimum Gasteiger partial charge on any atom is -0.304 e. The van der Waals surface area contributed by atoms with Crippen LogP contribution in [0.2, 0.25) is 0 Å². The zero-order valence-electron chi connectivity index (χ0n) is 7.60. The van der Waals surface area contributed by atoms with Gasteiger partial charge in [-0.3, -0.25) is 0 Å². The number of hydrogen-bond donors (Lipinski definition) is 0. The summed E-state index contributed by atoms with van der Waals surface area (Å²) in [5.74, 6) is 0. The second-order valence-electron chi connectivity index (χ2n) is 2.66. The molecule has 1 aromatic rings. The third-order valence-corrected chi connectivity index (χ3v) is 2.87. The summed E-state index contributed by atoms with van der Waals surface area (Å²) in [6, 6.07) is 0. The molecule has 0 amide bonds. The van der Waals surface area contributed by atoms with Crippen molar-refractivity contribution in [1.82, 2.24) is 4.98 Å². The van der Waals surface area contributed by atoms with Crippen molar-refractivity contribution in [2.45, 2.75) is 26.9 Å². The van der Waals surface area contributed by atoms with Crippen LogP contribution in [0.25, 0.3) is 0 Å². The minimum absolute atomic E-state index is 0.576. The van der Waals surface area contributed by atoms with E-state index in [4.69, 9.17) is 0 Å². The Morgan fingerprint density at radius 1 is 1.62 bits per heavy atom. The van der Waals surface area contributed by atoms with E-state index < -0.39 is 11.2 Å². The molecule has 6 heteroatoms. The molecule has 5 nitrogen and oxygen atoms in total. The Morgan fingerprint density at radius 3 is 2.62 bits per heavy atom. The van der Waals surface area contributed by atoms with Crippen LogP contribution in [0.5, 0.6) is 0 Å². The molecule has 0 aliphatic carbocycles. The third-order valence-electron chi connectivity index (χ3n) is 1.64. The first-order valence-corrected chi connectivity index (χ1v) is 4.57. The van der Waals surface area contributed by atoms with Crippen molar-refractivity contribution in [3.05, 3.63) is 25.7 Å². The van der Waals surface area contributed by atoms with Crippen molar-refractivity contribution >= 4 is 11.3 Å². The first-order valence-electron chi connectivity index (χ1n) is 3.75. The summed E-state index contributed by atoms with van der Waals surface area (Å²) in [5, 5.41) is 9.89. The summed E-state index contributed by atoms with van der Waals surface area (Å²) in [7, 11) is 0. The Kier molecular flexibility index (Phi) is 2.82. The largest absolute Gasteiger partial charge is 0.304 e. The number of hydrogen-bond acceptors (Lipinski definition) is 5. The first-order chi connectivity index (χ1) is 6.00. The highest BCUT2D eigenvalue weighted by Crippen LogP contribution is 2.24. The molecule has 0 bridgehead atoms. The maximum absolute atomic E-state index is 10.0. The topological polar surface area (TPSA) is 65.3 Å². The Hall–Kier alpha value is -1.17. The molecule has 1 aromatic heterocycles. The third kappa shape index (κ3) is 2.38. The lowest BCUT2D eigenvalue weighted by molar-refractivity contribution is -0.770. The fourth-order valence-corrected chi connectivity index (χ4v) is 1.74. The molecule has 0 spiro atoms. The van der Waals surface area contributed by atoms with Crippen LogP contribution in [0.15, 0.2) is 0 Å². The number of thiazole rings is 1. The van der Waals surface area contributed by atoms with Gasteiger partial charge in [0.05, 0.1) is 5.69 Å². The van der Waals surface area contributed by atoms with Crippen LogP contribution in [0.4, 0.5) is 0 Å². The van der Waals surface area contributed by atoms with Gasteiger partial charge in [-0.15, -0.1) is 21.5 Å². The summed E-state index contributed by atoms with van der Waals surface area (Å²) < 4.78 is 0. The van der Waals surface area contributed by atoms with Gasteiger partial charge in [0.15, 0.2) is 6.10 Å². The highest BCUT2D eigenvalue weighted by Gasteiger charge is 2.14. The molecular weight excluding hydrogens is 192 g/mol. The van der Waals surface area contributed by atoms with Crippen molar-refractivity contribution in [2.75, 3.05) is 0 Å². The first kappa shape index (κ1) is 9.91. The maximum Gasteiger partial charge on any atom is 0.295 e. The Bertz CT molecular complexity index is 304. The van der Waals surface area contributed by atoms with E-state index in [1.165, 1.54) is 11.3 Å². The van der Waals surface area contributed by atoms with E-state index in [1.54, 1.807) is 6.92 Å². The van der Waals surface area contributed by atoms with Gasteiger partial charge in [0.25, 0.3) is 5.09 Å². The lowest BCUT2D eigenvalue weighted by Gasteiger charge is -2.03. The molecule has 0 radical (unpaired) electrons. The van der Waals surface area contributed by atoms with Crippen molar-refractivity contribution in [2.24, 2.45) is 0 Å². The lowest BCUT2D eigenvalue weighted by atomic mass is 10.4. The zero-order chi connectivity index (χ0) is 10.0. The maximum atomic E-state index is 10.0. The van der Waals surface area contributed by atoms with Gasteiger partial charge >= 0.3 is 0 Å². The van der Waals surface area contributed by atoms with Crippen molar-refractivity contribution < 1.29 is 9.92 Å². The van der Waals surface area contributed by atoms with Crippen LogP contribution in [0, 0.1) is 24.0 Å². The predicted molar refractivity (Wildman–Crippen MR) is 48.1 cm³/mol. The second kappa shape index (κ2) is 3.69. The highest BCUT2D eigenvalue weighted by molar-refractivity contribution is 7.11. The number of aryl methyl sites for hydroxylation is 2. The van der Waals surface area contributed by atoms with Crippen LogP contribution in [0.3, 0.4) is 0 Å². The van der Waals surface area contributed by atoms with Gasteiger partial charge in [-0.1, -0.05) is 0 Å². The molecule has 0 aromatic carbocycles. The molecule has 1 unspecified atom stereocenters. The fraction of sp³-hybridized carbons (Fsp3) is 0.571. The molecule has 13 heavy (non-hydrogen) atoms. The number of rotatable bonds is 3. The lowest BCUT2D eigenvalue weighted by Crippen LogP contribution is -2.05. The monoisotopic (exact) mass is 202 g/mol. The van der Waals surface area contributed by atoms with Gasteiger partial charge < -0.3 is 4.84 Å². The van der Waals surface area contributed by atoms with Gasteiger partial charge in [-0.25, -0.2) is 4.98 Å². The van der Waals surface area contributed by atoms with E-state index in [0.29, 0.717) is 5.01 Å². The van der Waals surface area contributed by atoms with E-state index in [1.807, 2.05) is 13.8 Å². The van der Waals surface area contributed by atoms with Crippen LogP contribution < -0.4 is 0 Å². The van der Waals surface area contributed by atoms with Crippen LogP contribution in [-0.4, -0.2) is 10.1 Å². The Labute approximate surface area is 79.5 Å². The average Bonchev–Trinajstić information content (AvgIpc) is 2.31. The highest BCUT2D eigenvalue weighted by atomic mass is 32.1. The van der Waals surface area contributed by atoms with Gasteiger partial charge in [-0.2, -0.15) is 0 Å². The summed E-state index contributed by atoms with van der Waals surface area (Å²) in [6.45, 7) is 5.41. The molecule has 1 rings (SSSR count). The molecule has 1 heterocycles. The number of aromatic nitrogens is 1. The molecule has 72 valence electrons. The van der Waals surface area contributed by atoms with Crippen LogP contribution in [-0.2, 0) is 4.84 Å². The SMILES string of the molecule is Cc1nc(C(C)O[N+](=O)[O-])sc1C. The normalized spacial score (nSPS) is 12.5. The predicted octanol–water partition coefficient (Wildman–Crippen LogP) is 2.03. The van der Waals surface area contributed by atoms with Gasteiger partial charge in [0.2, 0.25) is 0 Å².